The van der Waals surface area contributed by atoms with Crippen LogP contribution in [0.1, 0.15) is 39.5 Å². The van der Waals surface area contributed by atoms with Crippen molar-refractivity contribution in [3.8, 4) is 5.75 Å². The lowest BCUT2D eigenvalue weighted by atomic mass is 9.92. The Labute approximate surface area is 183 Å². The maximum atomic E-state index is 13.3. The highest BCUT2D eigenvalue weighted by Crippen LogP contribution is 2.34. The highest BCUT2D eigenvalue weighted by molar-refractivity contribution is 6.14. The third kappa shape index (κ3) is 3.50. The number of fused-ring (bicyclic) bond motifs is 2. The van der Waals surface area contributed by atoms with Crippen LogP contribution in [-0.2, 0) is 17.9 Å². The lowest BCUT2D eigenvalue weighted by molar-refractivity contribution is -0.384. The Morgan fingerprint density at radius 2 is 1.84 bits per heavy atom. The van der Waals surface area contributed by atoms with E-state index in [9.17, 15) is 14.9 Å². The van der Waals surface area contributed by atoms with E-state index in [1.807, 2.05) is 37.3 Å². The third-order valence-corrected chi connectivity index (χ3v) is 5.63. The molecular weight excluding hydrogens is 410 g/mol. The molecule has 0 radical (unpaired) electrons. The summed E-state index contributed by atoms with van der Waals surface area (Å²) in [5, 5.41) is 17.4. The molecule has 0 aromatic heterocycles. The van der Waals surface area contributed by atoms with Crippen molar-refractivity contribution in [1.82, 2.24) is 5.01 Å². The van der Waals surface area contributed by atoms with E-state index in [0.717, 1.165) is 16.7 Å². The van der Waals surface area contributed by atoms with Gasteiger partial charge in [-0.05, 0) is 55.3 Å². The number of nitro benzene ring substituents is 1. The van der Waals surface area contributed by atoms with Crippen molar-refractivity contribution in [2.45, 2.75) is 26.0 Å². The molecule has 0 aliphatic carbocycles. The van der Waals surface area contributed by atoms with Crippen LogP contribution in [-0.4, -0.2) is 27.6 Å². The van der Waals surface area contributed by atoms with Gasteiger partial charge in [0.05, 0.1) is 16.7 Å². The lowest BCUT2D eigenvalue weighted by Crippen LogP contribution is -2.35. The van der Waals surface area contributed by atoms with Gasteiger partial charge in [0.1, 0.15) is 6.61 Å². The van der Waals surface area contributed by atoms with Crippen LogP contribution in [0, 0.1) is 10.1 Å². The molecule has 8 nitrogen and oxygen atoms in total. The normalized spacial score (nSPS) is 17.0. The van der Waals surface area contributed by atoms with Crippen LogP contribution < -0.4 is 4.89 Å². The number of benzene rings is 3. The van der Waals surface area contributed by atoms with Gasteiger partial charge >= 0.3 is 0 Å². The fourth-order valence-electron chi connectivity index (χ4n) is 3.98. The topological polar surface area (TPSA) is 94.3 Å². The summed E-state index contributed by atoms with van der Waals surface area (Å²) in [5.41, 5.74) is 4.47. The van der Waals surface area contributed by atoms with Gasteiger partial charge in [-0.1, -0.05) is 18.2 Å². The molecule has 0 saturated carbocycles. The number of nitro groups is 1. The quantitative estimate of drug-likeness (QED) is 0.352. The second kappa shape index (κ2) is 7.90. The summed E-state index contributed by atoms with van der Waals surface area (Å²) in [7, 11) is 0. The van der Waals surface area contributed by atoms with Crippen molar-refractivity contribution in [3.63, 3.8) is 0 Å². The molecule has 2 aliphatic rings. The summed E-state index contributed by atoms with van der Waals surface area (Å²) in [6, 6.07) is 18.8. The van der Waals surface area contributed by atoms with Crippen LogP contribution in [0.4, 0.5) is 5.69 Å². The fraction of sp³-hybridized carbons (Fsp3) is 0.167. The van der Waals surface area contributed by atoms with Crippen LogP contribution in [0.3, 0.4) is 0 Å². The number of carbonyl (C=O) groups excluding carboxylic acids is 1. The maximum absolute atomic E-state index is 13.3. The van der Waals surface area contributed by atoms with Gasteiger partial charge in [-0.25, -0.2) is 5.01 Å². The van der Waals surface area contributed by atoms with Gasteiger partial charge in [0.2, 0.25) is 0 Å². The molecule has 0 fully saturated rings. The molecule has 2 aliphatic heterocycles. The molecule has 32 heavy (non-hydrogen) atoms. The molecule has 0 N–H and O–H groups in total. The first-order valence-corrected chi connectivity index (χ1v) is 10.2. The number of non-ortho nitro benzene ring substituents is 1. The van der Waals surface area contributed by atoms with E-state index in [1.54, 1.807) is 24.3 Å². The summed E-state index contributed by atoms with van der Waals surface area (Å²) in [4.78, 5) is 34.4. The second-order valence-electron chi connectivity index (χ2n) is 7.78. The number of carbonyl (C=O) groups is 1. The van der Waals surface area contributed by atoms with Crippen molar-refractivity contribution in [2.24, 2.45) is 5.10 Å². The molecule has 2 heterocycles. The Bertz CT molecular complexity index is 1240. The van der Waals surface area contributed by atoms with E-state index in [-0.39, 0.29) is 17.6 Å². The van der Waals surface area contributed by atoms with E-state index in [4.69, 9.17) is 14.9 Å². The van der Waals surface area contributed by atoms with Crippen LogP contribution in [0.25, 0.3) is 0 Å². The molecule has 0 bridgehead atoms. The van der Waals surface area contributed by atoms with Crippen LogP contribution in [0.2, 0.25) is 0 Å². The number of nitrogens with zero attached hydrogens (tertiary/aromatic N) is 3. The zero-order chi connectivity index (χ0) is 22.2. The summed E-state index contributed by atoms with van der Waals surface area (Å²) in [6.07, 6.45) is 0.560. The highest BCUT2D eigenvalue weighted by Gasteiger charge is 2.30. The van der Waals surface area contributed by atoms with E-state index in [1.165, 1.54) is 17.1 Å². The number of hydrogen-bond donors (Lipinski definition) is 0. The Kier molecular flexibility index (Phi) is 4.91. The largest absolute Gasteiger partial charge is 0.337 e. The van der Waals surface area contributed by atoms with Crippen molar-refractivity contribution in [2.75, 3.05) is 0 Å². The molecule has 5 rings (SSSR count). The zero-order valence-corrected chi connectivity index (χ0v) is 17.2. The SMILES string of the molecule is CC1Cc2cc3c(cc2C(c2ccc([N+](=O)[O-])cc2)=NN1C(=O)c1ccccc1)COO3. The van der Waals surface area contributed by atoms with Crippen LogP contribution in [0.5, 0.6) is 5.75 Å². The van der Waals surface area contributed by atoms with Gasteiger partial charge in [0.25, 0.3) is 11.6 Å². The van der Waals surface area contributed by atoms with E-state index >= 15 is 0 Å². The number of rotatable bonds is 3. The van der Waals surface area contributed by atoms with Crippen LogP contribution >= 0.6 is 0 Å². The third-order valence-electron chi connectivity index (χ3n) is 5.63. The van der Waals surface area contributed by atoms with Gasteiger partial charge in [0, 0.05) is 34.4 Å². The van der Waals surface area contributed by atoms with Crippen molar-refractivity contribution in [3.05, 3.63) is 105 Å². The average molecular weight is 429 g/mol. The Morgan fingerprint density at radius 3 is 2.56 bits per heavy atom. The minimum atomic E-state index is -0.443. The first-order chi connectivity index (χ1) is 15.5. The minimum absolute atomic E-state index is 0.00969. The predicted octanol–water partition coefficient (Wildman–Crippen LogP) is 4.26. The molecule has 0 saturated heterocycles. The molecule has 1 amide bonds. The van der Waals surface area contributed by atoms with Gasteiger partial charge in [-0.15, -0.1) is 0 Å². The standard InChI is InChI=1S/C24H19N3O5/c1-15-11-18-13-22-19(14-31-32-22)12-21(18)23(16-7-9-20(10-8-16)27(29)30)25-26(15)24(28)17-5-3-2-4-6-17/h2-10,12-13,15H,11,14H2,1H3. The van der Waals surface area contributed by atoms with Crippen molar-refractivity contribution >= 4 is 17.3 Å². The smallest absolute Gasteiger partial charge is 0.274 e. The monoisotopic (exact) mass is 429 g/mol. The first-order valence-electron chi connectivity index (χ1n) is 10.2. The summed E-state index contributed by atoms with van der Waals surface area (Å²) < 4.78 is 0. The molecule has 1 unspecified atom stereocenters. The number of amides is 1. The van der Waals surface area contributed by atoms with E-state index < -0.39 is 4.92 Å². The molecule has 3 aromatic rings. The Morgan fingerprint density at radius 1 is 1.09 bits per heavy atom. The molecule has 160 valence electrons. The first kappa shape index (κ1) is 19.9. The van der Waals surface area contributed by atoms with Crippen LogP contribution in [0.15, 0.2) is 71.8 Å². The number of hydrazone groups is 1. The van der Waals surface area contributed by atoms with E-state index in [0.29, 0.717) is 35.6 Å². The number of hydrogen-bond acceptors (Lipinski definition) is 6. The summed E-state index contributed by atoms with van der Waals surface area (Å²) >= 11 is 0. The minimum Gasteiger partial charge on any atom is -0.337 e. The summed E-state index contributed by atoms with van der Waals surface area (Å²) in [6.45, 7) is 2.26. The summed E-state index contributed by atoms with van der Waals surface area (Å²) in [5.74, 6) is 0.444. The van der Waals surface area contributed by atoms with Crippen molar-refractivity contribution < 1.29 is 19.5 Å². The van der Waals surface area contributed by atoms with Gasteiger partial charge < -0.3 is 4.89 Å². The average Bonchev–Trinajstić information content (AvgIpc) is 3.21. The lowest BCUT2D eigenvalue weighted by Gasteiger charge is -2.23. The molecule has 0 spiro atoms. The fourth-order valence-corrected chi connectivity index (χ4v) is 3.98. The molecular formula is C24H19N3O5. The molecule has 3 aromatic carbocycles. The van der Waals surface area contributed by atoms with Gasteiger partial charge in [-0.3, -0.25) is 14.9 Å². The molecule has 1 atom stereocenters. The zero-order valence-electron chi connectivity index (χ0n) is 17.2. The Balaban J connectivity index is 1.66. The van der Waals surface area contributed by atoms with Crippen molar-refractivity contribution in [1.29, 1.82) is 0 Å². The molecule has 8 heteroatoms. The van der Waals surface area contributed by atoms with Gasteiger partial charge in [-0.2, -0.15) is 9.99 Å². The van der Waals surface area contributed by atoms with Gasteiger partial charge in [0.15, 0.2) is 5.75 Å². The predicted molar refractivity (Wildman–Crippen MR) is 116 cm³/mol. The Hall–Kier alpha value is -4.04. The van der Waals surface area contributed by atoms with E-state index in [2.05, 4.69) is 0 Å². The highest BCUT2D eigenvalue weighted by atomic mass is 17.2. The maximum Gasteiger partial charge on any atom is 0.274 e. The second-order valence-corrected chi connectivity index (χ2v) is 7.78.